The van der Waals surface area contributed by atoms with E-state index in [1.54, 1.807) is 27.9 Å². The Morgan fingerprint density at radius 2 is 2.03 bits per heavy atom. The lowest BCUT2D eigenvalue weighted by atomic mass is 9.96. The highest BCUT2D eigenvalue weighted by atomic mass is 35.5. The molecule has 0 saturated heterocycles. The molecule has 0 saturated carbocycles. The second kappa shape index (κ2) is 7.31. The van der Waals surface area contributed by atoms with E-state index in [0.717, 1.165) is 6.20 Å². The van der Waals surface area contributed by atoms with Gasteiger partial charge in [0, 0.05) is 39.8 Å². The normalized spacial score (nSPS) is 13.5. The number of rotatable bonds is 3. The summed E-state index contributed by atoms with van der Waals surface area (Å²) in [5.41, 5.74) is 2.26. The van der Waals surface area contributed by atoms with E-state index in [1.807, 2.05) is 0 Å². The largest absolute Gasteiger partial charge is 0.346 e. The molecule has 3 aromatic heterocycles. The number of aromatic amines is 1. The third-order valence-corrected chi connectivity index (χ3v) is 5.68. The molecule has 0 bridgehead atoms. The monoisotopic (exact) mass is 439 g/mol. The van der Waals surface area contributed by atoms with Crippen molar-refractivity contribution in [1.29, 1.82) is 0 Å². The minimum absolute atomic E-state index is 0.191. The van der Waals surface area contributed by atoms with E-state index >= 15 is 4.39 Å². The van der Waals surface area contributed by atoms with Gasteiger partial charge in [-0.3, -0.25) is 9.48 Å². The van der Waals surface area contributed by atoms with Crippen LogP contribution in [0.2, 0.25) is 5.02 Å². The predicted molar refractivity (Wildman–Crippen MR) is 113 cm³/mol. The molecule has 4 heterocycles. The molecular formula is C22H16ClF2N5O. The van der Waals surface area contributed by atoms with Gasteiger partial charge in [-0.05, 0) is 30.3 Å². The lowest BCUT2D eigenvalue weighted by molar-refractivity contribution is -0.127. The summed E-state index contributed by atoms with van der Waals surface area (Å²) in [5, 5.41) is 5.40. The molecule has 0 aliphatic carbocycles. The van der Waals surface area contributed by atoms with E-state index in [4.69, 9.17) is 11.6 Å². The minimum Gasteiger partial charge on any atom is -0.346 e. The molecule has 1 aliphatic heterocycles. The predicted octanol–water partition coefficient (Wildman–Crippen LogP) is 4.55. The van der Waals surface area contributed by atoms with Gasteiger partial charge in [0.2, 0.25) is 5.91 Å². The zero-order valence-corrected chi connectivity index (χ0v) is 17.0. The maximum Gasteiger partial charge on any atom is 0.246 e. The Hall–Kier alpha value is -3.52. The number of hydrogen-bond acceptors (Lipinski definition) is 3. The van der Waals surface area contributed by atoms with Crippen LogP contribution in [0.1, 0.15) is 5.69 Å². The van der Waals surface area contributed by atoms with Crippen molar-refractivity contribution in [2.75, 3.05) is 6.54 Å². The summed E-state index contributed by atoms with van der Waals surface area (Å²) >= 11 is 5.93. The topological polar surface area (TPSA) is 66.8 Å². The zero-order valence-electron chi connectivity index (χ0n) is 16.2. The number of amides is 1. The third kappa shape index (κ3) is 3.11. The van der Waals surface area contributed by atoms with Crippen LogP contribution in [0.25, 0.3) is 33.4 Å². The third-order valence-electron chi connectivity index (χ3n) is 5.44. The Kier molecular flexibility index (Phi) is 4.59. The number of aromatic nitrogens is 4. The number of fused-ring (bicyclic) bond motifs is 2. The summed E-state index contributed by atoms with van der Waals surface area (Å²) in [4.78, 5) is 20.9. The van der Waals surface area contributed by atoms with E-state index in [2.05, 4.69) is 21.6 Å². The Morgan fingerprint density at radius 1 is 1.19 bits per heavy atom. The number of benzene rings is 1. The zero-order chi connectivity index (χ0) is 21.7. The van der Waals surface area contributed by atoms with Gasteiger partial charge in [0.05, 0.1) is 25.0 Å². The maximum atomic E-state index is 15.2. The quantitative estimate of drug-likeness (QED) is 0.476. The summed E-state index contributed by atoms with van der Waals surface area (Å²) in [7, 11) is 0. The van der Waals surface area contributed by atoms with Crippen LogP contribution in [0.15, 0.2) is 49.3 Å². The molecule has 0 unspecified atom stereocenters. The molecular weight excluding hydrogens is 424 g/mol. The molecule has 6 nitrogen and oxygen atoms in total. The average Bonchev–Trinajstić information content (AvgIpc) is 3.37. The van der Waals surface area contributed by atoms with Gasteiger partial charge in [-0.2, -0.15) is 5.10 Å². The van der Waals surface area contributed by atoms with Gasteiger partial charge in [0.25, 0.3) is 0 Å². The summed E-state index contributed by atoms with van der Waals surface area (Å²) in [6.07, 6.45) is 4.02. The van der Waals surface area contributed by atoms with E-state index in [1.165, 1.54) is 18.2 Å². The van der Waals surface area contributed by atoms with Gasteiger partial charge in [-0.1, -0.05) is 18.2 Å². The van der Waals surface area contributed by atoms with E-state index in [0.29, 0.717) is 35.4 Å². The first-order chi connectivity index (χ1) is 15.0. The standard InChI is InChI=1S/C22H16ClF2N5O/c1-2-18(31)29-7-8-30-17(11-29)20(19-14-5-6-26-22(14)27-10-16(19)25)21(28-30)13-4-3-12(23)9-15(13)24/h2-6,9-10H,1,7-8,11H2,(H,26,27). The Bertz CT molecular complexity index is 1360. The Morgan fingerprint density at radius 3 is 2.81 bits per heavy atom. The summed E-state index contributed by atoms with van der Waals surface area (Å²) in [5.74, 6) is -1.37. The first-order valence-electron chi connectivity index (χ1n) is 9.56. The van der Waals surface area contributed by atoms with E-state index < -0.39 is 11.6 Å². The first-order valence-corrected chi connectivity index (χ1v) is 9.94. The van der Waals surface area contributed by atoms with Crippen LogP contribution in [0.4, 0.5) is 8.78 Å². The van der Waals surface area contributed by atoms with Gasteiger partial charge < -0.3 is 9.88 Å². The average molecular weight is 440 g/mol. The molecule has 156 valence electrons. The fraction of sp³-hybridized carbons (Fsp3) is 0.136. The Balaban J connectivity index is 1.82. The second-order valence-corrected chi connectivity index (χ2v) is 7.64. The van der Waals surface area contributed by atoms with Crippen LogP contribution >= 0.6 is 11.6 Å². The summed E-state index contributed by atoms with van der Waals surface area (Å²) < 4.78 is 31.8. The number of nitrogens with zero attached hydrogens (tertiary/aromatic N) is 4. The van der Waals surface area contributed by atoms with E-state index in [-0.39, 0.29) is 34.3 Å². The fourth-order valence-electron chi connectivity index (χ4n) is 4.01. The van der Waals surface area contributed by atoms with E-state index in [9.17, 15) is 9.18 Å². The van der Waals surface area contributed by atoms with Crippen molar-refractivity contribution in [3.8, 4) is 22.4 Å². The number of halogens is 3. The summed E-state index contributed by atoms with van der Waals surface area (Å²) in [6, 6.07) is 5.99. The highest BCUT2D eigenvalue weighted by molar-refractivity contribution is 6.30. The number of carbonyl (C=O) groups is 1. The van der Waals surface area contributed by atoms with Crippen molar-refractivity contribution >= 4 is 28.5 Å². The number of H-pyrrole nitrogens is 1. The van der Waals surface area contributed by atoms with Crippen molar-refractivity contribution in [2.45, 2.75) is 13.1 Å². The molecule has 9 heteroatoms. The summed E-state index contributed by atoms with van der Waals surface area (Å²) in [6.45, 7) is 4.54. The van der Waals surface area contributed by atoms with Crippen LogP contribution < -0.4 is 0 Å². The van der Waals surface area contributed by atoms with Crippen molar-refractivity contribution in [3.63, 3.8) is 0 Å². The van der Waals surface area contributed by atoms with Gasteiger partial charge in [-0.15, -0.1) is 0 Å². The van der Waals surface area contributed by atoms with Crippen LogP contribution in [0.3, 0.4) is 0 Å². The van der Waals surface area contributed by atoms with Crippen molar-refractivity contribution < 1.29 is 13.6 Å². The molecule has 0 radical (unpaired) electrons. The van der Waals surface area contributed by atoms with Gasteiger partial charge >= 0.3 is 0 Å². The Labute approximate surface area is 180 Å². The van der Waals surface area contributed by atoms with Crippen LogP contribution in [-0.4, -0.2) is 37.1 Å². The SMILES string of the molecule is C=CC(=O)N1CCn2nc(-c3ccc(Cl)cc3F)c(-c3c(F)cnc4[nH]ccc34)c2C1. The lowest BCUT2D eigenvalue weighted by Gasteiger charge is -2.27. The highest BCUT2D eigenvalue weighted by Crippen LogP contribution is 2.41. The smallest absolute Gasteiger partial charge is 0.246 e. The van der Waals surface area contributed by atoms with Crippen LogP contribution in [0.5, 0.6) is 0 Å². The molecule has 1 aromatic carbocycles. The minimum atomic E-state index is -0.567. The fourth-order valence-corrected chi connectivity index (χ4v) is 4.16. The molecule has 1 N–H and O–H groups in total. The molecule has 0 atom stereocenters. The second-order valence-electron chi connectivity index (χ2n) is 7.20. The van der Waals surface area contributed by atoms with Gasteiger partial charge in [0.15, 0.2) is 0 Å². The first kappa shape index (κ1) is 19.4. The molecule has 4 aromatic rings. The lowest BCUT2D eigenvalue weighted by Crippen LogP contribution is -2.37. The van der Waals surface area contributed by atoms with Gasteiger partial charge in [-0.25, -0.2) is 13.8 Å². The van der Waals surface area contributed by atoms with Crippen LogP contribution in [-0.2, 0) is 17.9 Å². The van der Waals surface area contributed by atoms with Crippen molar-refractivity contribution in [3.05, 3.63) is 71.7 Å². The molecule has 0 spiro atoms. The van der Waals surface area contributed by atoms with Gasteiger partial charge in [0.1, 0.15) is 23.0 Å². The number of hydrogen-bond donors (Lipinski definition) is 1. The van der Waals surface area contributed by atoms with Crippen molar-refractivity contribution in [1.82, 2.24) is 24.6 Å². The molecule has 5 rings (SSSR count). The maximum absolute atomic E-state index is 15.2. The molecule has 1 amide bonds. The molecule has 0 fully saturated rings. The van der Waals surface area contributed by atoms with Crippen LogP contribution in [0, 0.1) is 11.6 Å². The number of pyridine rings is 1. The highest BCUT2D eigenvalue weighted by Gasteiger charge is 2.30. The van der Waals surface area contributed by atoms with Crippen molar-refractivity contribution in [2.24, 2.45) is 0 Å². The molecule has 1 aliphatic rings. The number of carbonyl (C=O) groups excluding carboxylic acids is 1. The number of nitrogens with one attached hydrogen (secondary N) is 1. The molecule has 31 heavy (non-hydrogen) atoms.